The summed E-state index contributed by atoms with van der Waals surface area (Å²) in [6.07, 6.45) is 1.70. The van der Waals surface area contributed by atoms with Gasteiger partial charge in [-0.25, -0.2) is 4.99 Å². The van der Waals surface area contributed by atoms with Gasteiger partial charge in [-0.3, -0.25) is 14.9 Å². The molecule has 0 aromatic heterocycles. The van der Waals surface area contributed by atoms with Gasteiger partial charge in [0.15, 0.2) is 5.17 Å². The van der Waals surface area contributed by atoms with Crippen molar-refractivity contribution in [3.8, 4) is 0 Å². The highest BCUT2D eigenvalue weighted by Gasteiger charge is 2.24. The quantitative estimate of drug-likeness (QED) is 0.461. The number of amidine groups is 1. The Hall–Kier alpha value is -2.35. The summed E-state index contributed by atoms with van der Waals surface area (Å²) in [6, 6.07) is 11.0. The molecule has 9 heteroatoms. The van der Waals surface area contributed by atoms with Gasteiger partial charge in [-0.15, -0.1) is 0 Å². The monoisotopic (exact) mass is 393 g/mol. The molecular formula is C16H9Cl2N3O3S. The molecule has 6 nitrogen and oxygen atoms in total. The van der Waals surface area contributed by atoms with E-state index in [4.69, 9.17) is 23.2 Å². The molecule has 2 aromatic rings. The van der Waals surface area contributed by atoms with E-state index < -0.39 is 4.92 Å². The number of carbonyl (C=O) groups excluding carboxylic acids is 1. The van der Waals surface area contributed by atoms with E-state index in [1.807, 2.05) is 6.07 Å². The van der Waals surface area contributed by atoms with Crippen LogP contribution in [0, 0.1) is 10.1 Å². The molecule has 1 aliphatic rings. The lowest BCUT2D eigenvalue weighted by atomic mass is 10.2. The maximum absolute atomic E-state index is 12.1. The molecule has 25 heavy (non-hydrogen) atoms. The molecule has 1 fully saturated rings. The molecule has 0 radical (unpaired) electrons. The molecule has 1 amide bonds. The van der Waals surface area contributed by atoms with Crippen molar-refractivity contribution in [2.24, 2.45) is 4.99 Å². The van der Waals surface area contributed by atoms with Gasteiger partial charge >= 0.3 is 0 Å². The average Bonchev–Trinajstić information content (AvgIpc) is 2.88. The van der Waals surface area contributed by atoms with Crippen LogP contribution in [0.5, 0.6) is 0 Å². The zero-order chi connectivity index (χ0) is 18.0. The number of aliphatic imine (C=N–C) groups is 1. The number of amides is 1. The Morgan fingerprint density at radius 1 is 1.20 bits per heavy atom. The Bertz CT molecular complexity index is 944. The van der Waals surface area contributed by atoms with Crippen molar-refractivity contribution in [2.75, 3.05) is 0 Å². The van der Waals surface area contributed by atoms with Gasteiger partial charge in [0.2, 0.25) is 0 Å². The van der Waals surface area contributed by atoms with E-state index in [0.717, 1.165) is 17.3 Å². The predicted molar refractivity (Wildman–Crippen MR) is 100 cm³/mol. The zero-order valence-electron chi connectivity index (χ0n) is 12.4. The number of carbonyl (C=O) groups is 1. The third kappa shape index (κ3) is 4.19. The molecule has 0 saturated carbocycles. The highest BCUT2D eigenvalue weighted by atomic mass is 35.5. The van der Waals surface area contributed by atoms with E-state index in [1.54, 1.807) is 24.3 Å². The van der Waals surface area contributed by atoms with Gasteiger partial charge in [0.05, 0.1) is 20.5 Å². The van der Waals surface area contributed by atoms with Crippen molar-refractivity contribution in [1.82, 2.24) is 5.32 Å². The highest BCUT2D eigenvalue weighted by molar-refractivity contribution is 8.18. The molecule has 0 bridgehead atoms. The lowest BCUT2D eigenvalue weighted by Crippen LogP contribution is -2.19. The van der Waals surface area contributed by atoms with E-state index in [1.165, 1.54) is 18.2 Å². The first-order chi connectivity index (χ1) is 11.9. The van der Waals surface area contributed by atoms with Crippen LogP contribution < -0.4 is 5.32 Å². The van der Waals surface area contributed by atoms with Crippen LogP contribution in [-0.4, -0.2) is 16.0 Å². The maximum Gasteiger partial charge on any atom is 0.271 e. The highest BCUT2D eigenvalue weighted by Crippen LogP contribution is 2.33. The predicted octanol–water partition coefficient (Wildman–Crippen LogP) is 4.79. The summed E-state index contributed by atoms with van der Waals surface area (Å²) in [5.41, 5.74) is 0.998. The summed E-state index contributed by atoms with van der Waals surface area (Å²) in [6.45, 7) is 0. The van der Waals surface area contributed by atoms with Crippen LogP contribution in [0.25, 0.3) is 6.08 Å². The fourth-order valence-electron chi connectivity index (χ4n) is 2.04. The van der Waals surface area contributed by atoms with Gasteiger partial charge in [0.25, 0.3) is 11.6 Å². The van der Waals surface area contributed by atoms with Gasteiger partial charge in [0.1, 0.15) is 0 Å². The minimum absolute atomic E-state index is 0.126. The van der Waals surface area contributed by atoms with Crippen molar-refractivity contribution in [2.45, 2.75) is 0 Å². The summed E-state index contributed by atoms with van der Waals surface area (Å²) in [5.74, 6) is -0.290. The van der Waals surface area contributed by atoms with Crippen molar-refractivity contribution in [3.05, 3.63) is 73.1 Å². The van der Waals surface area contributed by atoms with E-state index >= 15 is 0 Å². The SMILES string of the molecule is O=C1NC(=Nc2ccc([N+](=O)[O-])cc2Cl)S/C1=C/c1cccc(Cl)c1. The number of hydrogen-bond acceptors (Lipinski definition) is 5. The largest absolute Gasteiger partial charge is 0.300 e. The number of benzene rings is 2. The van der Waals surface area contributed by atoms with Gasteiger partial charge in [0, 0.05) is 17.2 Å². The molecule has 0 atom stereocenters. The van der Waals surface area contributed by atoms with E-state index in [0.29, 0.717) is 20.8 Å². The fraction of sp³-hybridized carbons (Fsp3) is 0. The second kappa shape index (κ2) is 7.26. The molecule has 1 heterocycles. The van der Waals surface area contributed by atoms with Crippen LogP contribution in [0.1, 0.15) is 5.56 Å². The lowest BCUT2D eigenvalue weighted by molar-refractivity contribution is -0.384. The van der Waals surface area contributed by atoms with Crippen molar-refractivity contribution >= 4 is 63.5 Å². The normalized spacial score (nSPS) is 17.1. The van der Waals surface area contributed by atoms with Crippen molar-refractivity contribution in [1.29, 1.82) is 0 Å². The number of rotatable bonds is 3. The minimum Gasteiger partial charge on any atom is -0.300 e. The topological polar surface area (TPSA) is 84.6 Å². The molecule has 2 aromatic carbocycles. The van der Waals surface area contributed by atoms with Crippen LogP contribution in [0.15, 0.2) is 52.4 Å². The van der Waals surface area contributed by atoms with E-state index in [2.05, 4.69) is 10.3 Å². The molecule has 0 aliphatic carbocycles. The molecule has 1 aliphatic heterocycles. The Labute approximate surface area is 156 Å². The summed E-state index contributed by atoms with van der Waals surface area (Å²) >= 11 is 13.1. The minimum atomic E-state index is -0.541. The third-order valence-corrected chi connectivity index (χ3v) is 4.61. The van der Waals surface area contributed by atoms with Gasteiger partial charge in [-0.1, -0.05) is 35.3 Å². The number of hydrogen-bond donors (Lipinski definition) is 1. The van der Waals surface area contributed by atoms with Crippen LogP contribution in [0.4, 0.5) is 11.4 Å². The second-order valence-corrected chi connectivity index (χ2v) is 6.80. The molecule has 1 saturated heterocycles. The number of nitro groups is 1. The Kier molecular flexibility index (Phi) is 5.08. The number of halogens is 2. The van der Waals surface area contributed by atoms with E-state index in [9.17, 15) is 14.9 Å². The molecule has 0 spiro atoms. The van der Waals surface area contributed by atoms with Gasteiger partial charge in [-0.2, -0.15) is 0 Å². The van der Waals surface area contributed by atoms with Crippen LogP contribution >= 0.6 is 35.0 Å². The average molecular weight is 394 g/mol. The Morgan fingerprint density at radius 2 is 2.00 bits per heavy atom. The fourth-order valence-corrected chi connectivity index (χ4v) is 3.29. The lowest BCUT2D eigenvalue weighted by Gasteiger charge is -1.99. The van der Waals surface area contributed by atoms with E-state index in [-0.39, 0.29) is 16.6 Å². The summed E-state index contributed by atoms with van der Waals surface area (Å²) < 4.78 is 0. The molecular weight excluding hydrogens is 385 g/mol. The second-order valence-electron chi connectivity index (χ2n) is 4.93. The third-order valence-electron chi connectivity index (χ3n) is 3.16. The maximum atomic E-state index is 12.1. The smallest absolute Gasteiger partial charge is 0.271 e. The van der Waals surface area contributed by atoms with Crippen LogP contribution in [0.3, 0.4) is 0 Å². The number of nitrogens with zero attached hydrogens (tertiary/aromatic N) is 2. The summed E-state index contributed by atoms with van der Waals surface area (Å²) in [7, 11) is 0. The van der Waals surface area contributed by atoms with Crippen LogP contribution in [-0.2, 0) is 4.79 Å². The van der Waals surface area contributed by atoms with Crippen molar-refractivity contribution in [3.63, 3.8) is 0 Å². The number of thioether (sulfide) groups is 1. The summed E-state index contributed by atoms with van der Waals surface area (Å²) in [5, 5.41) is 14.4. The first kappa shape index (κ1) is 17.5. The number of nitro benzene ring substituents is 1. The zero-order valence-corrected chi connectivity index (χ0v) is 14.7. The number of non-ortho nitro benzene ring substituents is 1. The Morgan fingerprint density at radius 3 is 2.68 bits per heavy atom. The first-order valence-electron chi connectivity index (χ1n) is 6.91. The van der Waals surface area contributed by atoms with Gasteiger partial charge < -0.3 is 5.32 Å². The standard InChI is InChI=1S/C16H9Cl2N3O3S/c17-10-3-1-2-9(6-10)7-14-15(22)20-16(25-14)19-13-5-4-11(21(23)24)8-12(13)18/h1-8H,(H,19,20,22)/b14-7+. The molecule has 126 valence electrons. The molecule has 3 rings (SSSR count). The van der Waals surface area contributed by atoms with Crippen molar-refractivity contribution < 1.29 is 9.72 Å². The Balaban J connectivity index is 1.85. The van der Waals surface area contributed by atoms with Gasteiger partial charge in [-0.05, 0) is 41.6 Å². The van der Waals surface area contributed by atoms with Crippen LogP contribution in [0.2, 0.25) is 10.0 Å². The first-order valence-corrected chi connectivity index (χ1v) is 8.49. The summed E-state index contributed by atoms with van der Waals surface area (Å²) in [4.78, 5) is 26.9. The molecule has 0 unspecified atom stereocenters. The molecule has 1 N–H and O–H groups in total. The number of nitrogens with one attached hydrogen (secondary N) is 1.